The zero-order valence-electron chi connectivity index (χ0n) is 15.5. The molecular weight excluding hydrogens is 396 g/mol. The van der Waals surface area contributed by atoms with Crippen molar-refractivity contribution in [3.8, 4) is 0 Å². The molecule has 4 rings (SSSR count). The maximum atomic E-state index is 12.0. The Morgan fingerprint density at radius 1 is 1.14 bits per heavy atom. The number of primary sulfonamides is 1. The predicted molar refractivity (Wildman–Crippen MR) is 107 cm³/mol. The average molecular weight is 416 g/mol. The first-order valence-corrected chi connectivity index (χ1v) is 10.6. The molecule has 1 aromatic carbocycles. The fourth-order valence-electron chi connectivity index (χ4n) is 3.54. The molecule has 11 heteroatoms. The molecule has 29 heavy (non-hydrogen) atoms. The number of aromatic nitrogens is 2. The number of fused-ring (bicyclic) bond motifs is 1. The van der Waals surface area contributed by atoms with Gasteiger partial charge in [0, 0.05) is 57.3 Å². The van der Waals surface area contributed by atoms with Crippen LogP contribution in [0.5, 0.6) is 0 Å². The van der Waals surface area contributed by atoms with Crippen molar-refractivity contribution in [3.63, 3.8) is 0 Å². The molecule has 3 aromatic rings. The summed E-state index contributed by atoms with van der Waals surface area (Å²) in [5.41, 5.74) is 1.95. The molecule has 0 aliphatic carbocycles. The van der Waals surface area contributed by atoms with E-state index in [1.54, 1.807) is 0 Å². The van der Waals surface area contributed by atoms with Crippen molar-refractivity contribution in [2.24, 2.45) is 5.14 Å². The van der Waals surface area contributed by atoms with E-state index in [2.05, 4.69) is 9.88 Å². The molecule has 0 unspecified atom stereocenters. The Morgan fingerprint density at radius 3 is 2.55 bits per heavy atom. The minimum atomic E-state index is -4.09. The molecule has 0 bridgehead atoms. The highest BCUT2D eigenvalue weighted by molar-refractivity contribution is 7.89. The summed E-state index contributed by atoms with van der Waals surface area (Å²) >= 11 is 0. The summed E-state index contributed by atoms with van der Waals surface area (Å²) < 4.78 is 25.9. The van der Waals surface area contributed by atoms with Gasteiger partial charge in [0.2, 0.25) is 10.0 Å². The van der Waals surface area contributed by atoms with Crippen LogP contribution in [-0.2, 0) is 16.6 Å². The number of imidazole rings is 1. The van der Waals surface area contributed by atoms with E-state index >= 15 is 0 Å². The second-order valence-electron chi connectivity index (χ2n) is 6.92. The van der Waals surface area contributed by atoms with E-state index < -0.39 is 14.9 Å². The largest absolute Gasteiger partial charge is 0.368 e. The molecule has 1 fully saturated rings. The van der Waals surface area contributed by atoms with Crippen molar-refractivity contribution in [3.05, 3.63) is 64.6 Å². The summed E-state index contributed by atoms with van der Waals surface area (Å²) in [6.07, 6.45) is 3.95. The van der Waals surface area contributed by atoms with Crippen LogP contribution in [0.1, 0.15) is 5.69 Å². The molecule has 3 heterocycles. The summed E-state index contributed by atoms with van der Waals surface area (Å²) in [6.45, 7) is 3.25. The van der Waals surface area contributed by atoms with Gasteiger partial charge in [0.1, 0.15) is 10.5 Å². The molecule has 0 spiro atoms. The van der Waals surface area contributed by atoms with Gasteiger partial charge >= 0.3 is 0 Å². The number of benzene rings is 1. The lowest BCUT2D eigenvalue weighted by molar-refractivity contribution is -0.385. The molecule has 0 radical (unpaired) electrons. The number of pyridine rings is 1. The van der Waals surface area contributed by atoms with Gasteiger partial charge in [0.15, 0.2) is 0 Å². The Kier molecular flexibility index (Phi) is 4.94. The third kappa shape index (κ3) is 4.06. The number of anilines is 1. The van der Waals surface area contributed by atoms with Gasteiger partial charge in [-0.05, 0) is 18.2 Å². The quantitative estimate of drug-likeness (QED) is 0.489. The van der Waals surface area contributed by atoms with E-state index in [4.69, 9.17) is 5.14 Å². The molecule has 1 saturated heterocycles. The molecule has 10 nitrogen and oxygen atoms in total. The van der Waals surface area contributed by atoms with Crippen LogP contribution in [0.2, 0.25) is 0 Å². The van der Waals surface area contributed by atoms with Crippen molar-refractivity contribution in [2.75, 3.05) is 31.1 Å². The van der Waals surface area contributed by atoms with E-state index in [0.29, 0.717) is 38.4 Å². The molecular formula is C18H20N6O4S. The minimum Gasteiger partial charge on any atom is -0.368 e. The normalized spacial score (nSPS) is 15.7. The first-order valence-electron chi connectivity index (χ1n) is 9.02. The second-order valence-corrected chi connectivity index (χ2v) is 8.45. The summed E-state index contributed by atoms with van der Waals surface area (Å²) in [6, 6.07) is 9.61. The maximum Gasteiger partial charge on any atom is 0.270 e. The fraction of sp³-hybridized carbons (Fsp3) is 0.278. The van der Waals surface area contributed by atoms with E-state index in [-0.39, 0.29) is 10.6 Å². The number of nitrogens with zero attached hydrogens (tertiary/aromatic N) is 5. The molecule has 1 aliphatic rings. The van der Waals surface area contributed by atoms with Gasteiger partial charge in [-0.2, -0.15) is 0 Å². The first kappa shape index (κ1) is 19.3. The van der Waals surface area contributed by atoms with Crippen molar-refractivity contribution in [2.45, 2.75) is 11.4 Å². The second kappa shape index (κ2) is 7.43. The summed E-state index contributed by atoms with van der Waals surface area (Å²) in [5, 5.41) is 16.3. The Bertz CT molecular complexity index is 1140. The third-order valence-corrected chi connectivity index (χ3v) is 5.91. The lowest BCUT2D eigenvalue weighted by Gasteiger charge is -2.36. The number of hydrogen-bond acceptors (Lipinski definition) is 7. The number of hydrogen-bond donors (Lipinski definition) is 1. The Morgan fingerprint density at radius 2 is 1.90 bits per heavy atom. The number of rotatable bonds is 5. The average Bonchev–Trinajstić information content (AvgIpc) is 3.09. The standard InChI is InChI=1S/C18H20N6O4S/c19-29(27,28)17-11-15(24(25)26)4-5-16(17)22-9-7-21(8-10-22)12-14-13-23-6-2-1-3-18(23)20-14/h1-6,11,13H,7-10,12H2,(H2,19,27,28). The van der Waals surface area contributed by atoms with Crippen molar-refractivity contribution >= 4 is 27.0 Å². The predicted octanol–water partition coefficient (Wildman–Crippen LogP) is 1.21. The molecule has 0 amide bonds. The maximum absolute atomic E-state index is 12.0. The molecule has 2 N–H and O–H groups in total. The van der Waals surface area contributed by atoms with Crippen molar-refractivity contribution < 1.29 is 13.3 Å². The highest BCUT2D eigenvalue weighted by Gasteiger charge is 2.25. The van der Waals surface area contributed by atoms with E-state index in [9.17, 15) is 18.5 Å². The van der Waals surface area contributed by atoms with Crippen molar-refractivity contribution in [1.82, 2.24) is 14.3 Å². The topological polar surface area (TPSA) is 127 Å². The Hall–Kier alpha value is -3.02. The van der Waals surface area contributed by atoms with Gasteiger partial charge in [-0.1, -0.05) is 6.07 Å². The molecule has 0 saturated carbocycles. The van der Waals surface area contributed by atoms with Gasteiger partial charge in [-0.25, -0.2) is 18.5 Å². The lowest BCUT2D eigenvalue weighted by atomic mass is 10.2. The van der Waals surface area contributed by atoms with Crippen LogP contribution in [0.15, 0.2) is 53.7 Å². The van der Waals surface area contributed by atoms with Crippen LogP contribution in [0.3, 0.4) is 0 Å². The summed E-state index contributed by atoms with van der Waals surface area (Å²) in [5.74, 6) is 0. The highest BCUT2D eigenvalue weighted by Crippen LogP contribution is 2.29. The molecule has 0 atom stereocenters. The number of nitrogens with two attached hydrogens (primary N) is 1. The SMILES string of the molecule is NS(=O)(=O)c1cc([N+](=O)[O-])ccc1N1CCN(Cc2cn3ccccc3n2)CC1. The van der Waals surface area contributed by atoms with Crippen LogP contribution in [0.4, 0.5) is 11.4 Å². The zero-order valence-corrected chi connectivity index (χ0v) is 16.3. The Balaban J connectivity index is 1.48. The zero-order chi connectivity index (χ0) is 20.6. The minimum absolute atomic E-state index is 0.222. The lowest BCUT2D eigenvalue weighted by Crippen LogP contribution is -2.46. The number of nitro benzene ring substituents is 1. The summed E-state index contributed by atoms with van der Waals surface area (Å²) in [4.78, 5) is 18.9. The number of nitro groups is 1. The number of piperazine rings is 1. The third-order valence-electron chi connectivity index (χ3n) is 4.97. The number of sulfonamides is 1. The fourth-order valence-corrected chi connectivity index (χ4v) is 4.32. The van der Waals surface area contributed by atoms with Crippen LogP contribution in [0.25, 0.3) is 5.65 Å². The van der Waals surface area contributed by atoms with Crippen LogP contribution in [0, 0.1) is 10.1 Å². The van der Waals surface area contributed by atoms with E-state index in [1.807, 2.05) is 39.9 Å². The van der Waals surface area contributed by atoms with E-state index in [0.717, 1.165) is 17.4 Å². The van der Waals surface area contributed by atoms with Gasteiger partial charge in [0.25, 0.3) is 5.69 Å². The summed E-state index contributed by atoms with van der Waals surface area (Å²) in [7, 11) is -4.09. The van der Waals surface area contributed by atoms with Crippen LogP contribution < -0.4 is 10.0 Å². The van der Waals surface area contributed by atoms with Gasteiger partial charge in [-0.3, -0.25) is 15.0 Å². The van der Waals surface area contributed by atoms with Crippen LogP contribution in [-0.4, -0.2) is 53.8 Å². The first-order chi connectivity index (χ1) is 13.8. The van der Waals surface area contributed by atoms with Crippen LogP contribution >= 0.6 is 0 Å². The van der Waals surface area contributed by atoms with Gasteiger partial charge in [-0.15, -0.1) is 0 Å². The monoisotopic (exact) mass is 416 g/mol. The molecule has 1 aliphatic heterocycles. The van der Waals surface area contributed by atoms with Gasteiger partial charge < -0.3 is 9.30 Å². The van der Waals surface area contributed by atoms with Gasteiger partial charge in [0.05, 0.1) is 16.3 Å². The van der Waals surface area contributed by atoms with E-state index in [1.165, 1.54) is 12.1 Å². The van der Waals surface area contributed by atoms with Crippen molar-refractivity contribution in [1.29, 1.82) is 0 Å². The highest BCUT2D eigenvalue weighted by atomic mass is 32.2. The number of non-ortho nitro benzene ring substituents is 1. The molecule has 2 aromatic heterocycles. The smallest absolute Gasteiger partial charge is 0.270 e. The Labute approximate surface area is 167 Å². The molecule has 152 valence electrons.